The molecule has 88 valence electrons. The third kappa shape index (κ3) is 2.45. The molecule has 0 aliphatic carbocycles. The number of nitrogens with zero attached hydrogens (tertiary/aromatic N) is 1. The molecule has 1 aromatic rings. The average molecular weight is 218 g/mol. The highest BCUT2D eigenvalue weighted by Gasteiger charge is 2.27. The number of hydrogen-bond donors (Lipinski definition) is 1. The second-order valence-electron chi connectivity index (χ2n) is 4.64. The maximum atomic E-state index is 3.36. The van der Waals surface area contributed by atoms with Gasteiger partial charge < -0.3 is 5.32 Å². The highest BCUT2D eigenvalue weighted by molar-refractivity contribution is 5.18. The zero-order valence-corrected chi connectivity index (χ0v) is 10.3. The fourth-order valence-electron chi connectivity index (χ4n) is 2.38. The molecule has 1 heterocycles. The second kappa shape index (κ2) is 5.46. The molecular weight excluding hydrogens is 196 g/mol. The van der Waals surface area contributed by atoms with Crippen LogP contribution in [0.4, 0.5) is 0 Å². The van der Waals surface area contributed by atoms with Crippen molar-refractivity contribution in [3.63, 3.8) is 0 Å². The molecule has 16 heavy (non-hydrogen) atoms. The predicted octanol–water partition coefficient (Wildman–Crippen LogP) is 2.43. The van der Waals surface area contributed by atoms with Gasteiger partial charge in [-0.25, -0.2) is 0 Å². The molecule has 2 heteroatoms. The summed E-state index contributed by atoms with van der Waals surface area (Å²) < 4.78 is 0. The maximum absolute atomic E-state index is 3.36. The monoisotopic (exact) mass is 218 g/mol. The van der Waals surface area contributed by atoms with Crippen LogP contribution in [0.1, 0.15) is 31.9 Å². The Morgan fingerprint density at radius 1 is 1.31 bits per heavy atom. The topological polar surface area (TPSA) is 15.3 Å². The SMILES string of the molecule is CCCN(C1CNC1)C(C)c1ccccc1. The minimum absolute atomic E-state index is 0.535. The van der Waals surface area contributed by atoms with Crippen LogP contribution >= 0.6 is 0 Å². The Balaban J connectivity index is 2.07. The summed E-state index contributed by atoms with van der Waals surface area (Å²) in [5, 5.41) is 3.36. The summed E-state index contributed by atoms with van der Waals surface area (Å²) in [5.41, 5.74) is 1.43. The summed E-state index contributed by atoms with van der Waals surface area (Å²) in [4.78, 5) is 2.63. The van der Waals surface area contributed by atoms with E-state index in [0.29, 0.717) is 6.04 Å². The number of benzene rings is 1. The van der Waals surface area contributed by atoms with Gasteiger partial charge >= 0.3 is 0 Å². The zero-order chi connectivity index (χ0) is 11.4. The van der Waals surface area contributed by atoms with Gasteiger partial charge in [-0.1, -0.05) is 37.3 Å². The Morgan fingerprint density at radius 3 is 2.50 bits per heavy atom. The molecule has 1 aromatic carbocycles. The summed E-state index contributed by atoms with van der Waals surface area (Å²) in [6.45, 7) is 8.08. The van der Waals surface area contributed by atoms with Crippen molar-refractivity contribution in [2.75, 3.05) is 19.6 Å². The molecule has 0 bridgehead atoms. The Kier molecular flexibility index (Phi) is 3.97. The normalized spacial score (nSPS) is 18.4. The van der Waals surface area contributed by atoms with Crippen molar-refractivity contribution in [2.24, 2.45) is 0 Å². The molecule has 1 unspecified atom stereocenters. The Labute approximate surface area is 98.7 Å². The number of hydrogen-bond acceptors (Lipinski definition) is 2. The fourth-order valence-corrected chi connectivity index (χ4v) is 2.38. The first-order valence-electron chi connectivity index (χ1n) is 6.34. The van der Waals surface area contributed by atoms with Crippen molar-refractivity contribution in [3.8, 4) is 0 Å². The molecule has 1 aliphatic rings. The van der Waals surface area contributed by atoms with Gasteiger partial charge in [0.1, 0.15) is 0 Å². The fraction of sp³-hybridized carbons (Fsp3) is 0.571. The lowest BCUT2D eigenvalue weighted by Gasteiger charge is -2.42. The van der Waals surface area contributed by atoms with Crippen molar-refractivity contribution in [1.82, 2.24) is 10.2 Å². The van der Waals surface area contributed by atoms with Crippen LogP contribution in [-0.4, -0.2) is 30.6 Å². The van der Waals surface area contributed by atoms with Gasteiger partial charge in [0, 0.05) is 25.2 Å². The van der Waals surface area contributed by atoms with E-state index < -0.39 is 0 Å². The van der Waals surface area contributed by atoms with Gasteiger partial charge in [0.05, 0.1) is 0 Å². The third-order valence-corrected chi connectivity index (χ3v) is 3.49. The first-order valence-corrected chi connectivity index (χ1v) is 6.34. The highest BCUT2D eigenvalue weighted by Crippen LogP contribution is 2.23. The van der Waals surface area contributed by atoms with Gasteiger partial charge in [-0.15, -0.1) is 0 Å². The first-order chi connectivity index (χ1) is 7.83. The Hall–Kier alpha value is -0.860. The molecule has 2 nitrogen and oxygen atoms in total. The van der Waals surface area contributed by atoms with Gasteiger partial charge in [-0.05, 0) is 25.5 Å². The molecule has 1 saturated heterocycles. The van der Waals surface area contributed by atoms with E-state index in [0.717, 1.165) is 19.1 Å². The minimum Gasteiger partial charge on any atom is -0.314 e. The summed E-state index contributed by atoms with van der Waals surface area (Å²) in [6, 6.07) is 12.1. The molecule has 0 radical (unpaired) electrons. The zero-order valence-electron chi connectivity index (χ0n) is 10.3. The standard InChI is InChI=1S/C14H22N2/c1-3-9-16(14-10-15-11-14)12(2)13-7-5-4-6-8-13/h4-8,12,14-15H,3,9-11H2,1-2H3. The van der Waals surface area contributed by atoms with Crippen LogP contribution in [0.3, 0.4) is 0 Å². The summed E-state index contributed by atoms with van der Waals surface area (Å²) >= 11 is 0. The van der Waals surface area contributed by atoms with E-state index in [4.69, 9.17) is 0 Å². The lowest BCUT2D eigenvalue weighted by atomic mass is 10.0. The number of nitrogens with one attached hydrogen (secondary N) is 1. The van der Waals surface area contributed by atoms with E-state index in [2.05, 4.69) is 54.4 Å². The maximum Gasteiger partial charge on any atom is 0.0351 e. The molecular formula is C14H22N2. The average Bonchev–Trinajstić information content (AvgIpc) is 2.26. The van der Waals surface area contributed by atoms with E-state index in [1.165, 1.54) is 18.5 Å². The number of rotatable bonds is 5. The molecule has 2 rings (SSSR count). The predicted molar refractivity (Wildman–Crippen MR) is 68.5 cm³/mol. The van der Waals surface area contributed by atoms with Crippen molar-refractivity contribution in [3.05, 3.63) is 35.9 Å². The van der Waals surface area contributed by atoms with Crippen molar-refractivity contribution in [1.29, 1.82) is 0 Å². The molecule has 1 N–H and O–H groups in total. The van der Waals surface area contributed by atoms with Gasteiger partial charge in [0.15, 0.2) is 0 Å². The molecule has 1 atom stereocenters. The minimum atomic E-state index is 0.535. The summed E-state index contributed by atoms with van der Waals surface area (Å²) in [7, 11) is 0. The quantitative estimate of drug-likeness (QED) is 0.816. The summed E-state index contributed by atoms with van der Waals surface area (Å²) in [5.74, 6) is 0. The summed E-state index contributed by atoms with van der Waals surface area (Å²) in [6.07, 6.45) is 1.23. The van der Waals surface area contributed by atoms with Crippen LogP contribution in [0.2, 0.25) is 0 Å². The van der Waals surface area contributed by atoms with Crippen LogP contribution in [0.25, 0.3) is 0 Å². The van der Waals surface area contributed by atoms with E-state index in [1.807, 2.05) is 0 Å². The molecule has 0 amide bonds. The van der Waals surface area contributed by atoms with Crippen molar-refractivity contribution in [2.45, 2.75) is 32.4 Å². The Bertz CT molecular complexity index is 306. The lowest BCUT2D eigenvalue weighted by Crippen LogP contribution is -2.57. The van der Waals surface area contributed by atoms with Crippen molar-refractivity contribution < 1.29 is 0 Å². The van der Waals surface area contributed by atoms with E-state index >= 15 is 0 Å². The molecule has 1 aliphatic heterocycles. The Morgan fingerprint density at radius 2 is 2.00 bits per heavy atom. The van der Waals surface area contributed by atoms with Crippen LogP contribution < -0.4 is 5.32 Å². The van der Waals surface area contributed by atoms with E-state index in [9.17, 15) is 0 Å². The highest BCUT2D eigenvalue weighted by atomic mass is 15.2. The molecule has 1 fully saturated rings. The van der Waals surface area contributed by atoms with Gasteiger partial charge in [0.2, 0.25) is 0 Å². The van der Waals surface area contributed by atoms with Crippen molar-refractivity contribution >= 4 is 0 Å². The lowest BCUT2D eigenvalue weighted by molar-refractivity contribution is 0.103. The molecule has 0 spiro atoms. The molecule has 0 aromatic heterocycles. The van der Waals surface area contributed by atoms with E-state index in [1.54, 1.807) is 0 Å². The largest absolute Gasteiger partial charge is 0.314 e. The van der Waals surface area contributed by atoms with Crippen LogP contribution in [0.15, 0.2) is 30.3 Å². The smallest absolute Gasteiger partial charge is 0.0351 e. The first kappa shape index (κ1) is 11.6. The van der Waals surface area contributed by atoms with Gasteiger partial charge in [-0.2, -0.15) is 0 Å². The van der Waals surface area contributed by atoms with Crippen LogP contribution in [0.5, 0.6) is 0 Å². The van der Waals surface area contributed by atoms with Crippen LogP contribution in [0, 0.1) is 0 Å². The molecule has 0 saturated carbocycles. The second-order valence-corrected chi connectivity index (χ2v) is 4.64. The third-order valence-electron chi connectivity index (χ3n) is 3.49. The van der Waals surface area contributed by atoms with Crippen LogP contribution in [-0.2, 0) is 0 Å². The van der Waals surface area contributed by atoms with Gasteiger partial charge in [0.25, 0.3) is 0 Å². The van der Waals surface area contributed by atoms with Gasteiger partial charge in [-0.3, -0.25) is 4.90 Å². The van der Waals surface area contributed by atoms with E-state index in [-0.39, 0.29) is 0 Å².